The van der Waals surface area contributed by atoms with Crippen molar-refractivity contribution >= 4 is 11.6 Å². The molecule has 0 saturated heterocycles. The number of halogens is 2. The topological polar surface area (TPSA) is 22.1 Å². The zero-order chi connectivity index (χ0) is 13.1. The Hall–Kier alpha value is -1.61. The smallest absolute Gasteiger partial charge is 0.219 e. The number of aryl methyl sites for hydroxylation is 2. The molecular weight excluding hydrogens is 253 g/mol. The normalized spacial score (nSPS) is 10.4. The fraction of sp³-hybridized carbons (Fsp3) is 0.214. The van der Waals surface area contributed by atoms with Crippen LogP contribution < -0.4 is 4.74 Å². The van der Waals surface area contributed by atoms with Gasteiger partial charge in [0.25, 0.3) is 0 Å². The molecule has 0 aliphatic rings. The minimum atomic E-state index is -0.367. The molecule has 0 aliphatic heterocycles. The fourth-order valence-corrected chi connectivity index (χ4v) is 1.80. The maximum absolute atomic E-state index is 13.8. The van der Waals surface area contributed by atoms with Crippen LogP contribution in [0.15, 0.2) is 30.3 Å². The van der Waals surface area contributed by atoms with E-state index >= 15 is 0 Å². The molecule has 2 nitrogen and oxygen atoms in total. The lowest BCUT2D eigenvalue weighted by molar-refractivity contribution is 0.424. The first-order valence-corrected chi connectivity index (χ1v) is 6.10. The molecule has 0 aliphatic carbocycles. The lowest BCUT2D eigenvalue weighted by atomic mass is 10.2. The molecule has 2 aromatic rings. The SMILES string of the molecule is Cc1cc(CCl)cc(Oc2cccc(C)c2F)n1. The van der Waals surface area contributed by atoms with Gasteiger partial charge in [-0.25, -0.2) is 9.37 Å². The van der Waals surface area contributed by atoms with Gasteiger partial charge in [0.05, 0.1) is 0 Å². The summed E-state index contributed by atoms with van der Waals surface area (Å²) in [5, 5.41) is 0. The van der Waals surface area contributed by atoms with Crippen LogP contribution in [-0.4, -0.2) is 4.98 Å². The standard InChI is InChI=1S/C14H13ClFNO/c1-9-4-3-5-12(14(9)16)18-13-7-11(8-15)6-10(2)17-13/h3-7H,8H2,1-2H3. The molecule has 0 spiro atoms. The van der Waals surface area contributed by atoms with Gasteiger partial charge >= 0.3 is 0 Å². The van der Waals surface area contributed by atoms with Gasteiger partial charge in [0.1, 0.15) is 0 Å². The highest BCUT2D eigenvalue weighted by Gasteiger charge is 2.08. The molecule has 1 aromatic carbocycles. The lowest BCUT2D eigenvalue weighted by Crippen LogP contribution is -1.95. The van der Waals surface area contributed by atoms with E-state index < -0.39 is 0 Å². The Kier molecular flexibility index (Phi) is 3.82. The van der Waals surface area contributed by atoms with E-state index in [1.54, 1.807) is 31.2 Å². The van der Waals surface area contributed by atoms with Gasteiger partial charge in [-0.3, -0.25) is 0 Å². The lowest BCUT2D eigenvalue weighted by Gasteiger charge is -2.09. The molecule has 1 aromatic heterocycles. The second-order valence-electron chi connectivity index (χ2n) is 4.08. The van der Waals surface area contributed by atoms with Crippen LogP contribution in [0.2, 0.25) is 0 Å². The monoisotopic (exact) mass is 265 g/mol. The Labute approximate surface area is 110 Å². The number of pyridine rings is 1. The first-order valence-electron chi connectivity index (χ1n) is 5.56. The molecule has 0 radical (unpaired) electrons. The average Bonchev–Trinajstić information content (AvgIpc) is 2.34. The van der Waals surface area contributed by atoms with Crippen molar-refractivity contribution in [1.82, 2.24) is 4.98 Å². The zero-order valence-corrected chi connectivity index (χ0v) is 11.0. The molecule has 0 fully saturated rings. The molecule has 4 heteroatoms. The number of ether oxygens (including phenoxy) is 1. The summed E-state index contributed by atoms with van der Waals surface area (Å²) in [4.78, 5) is 4.20. The molecule has 1 heterocycles. The van der Waals surface area contributed by atoms with Crippen molar-refractivity contribution in [1.29, 1.82) is 0 Å². The van der Waals surface area contributed by atoms with Crippen LogP contribution in [0.25, 0.3) is 0 Å². The maximum Gasteiger partial charge on any atom is 0.219 e. The van der Waals surface area contributed by atoms with Crippen molar-refractivity contribution in [3.05, 3.63) is 53.0 Å². The third kappa shape index (κ3) is 2.79. The van der Waals surface area contributed by atoms with Crippen molar-refractivity contribution < 1.29 is 9.13 Å². The summed E-state index contributed by atoms with van der Waals surface area (Å²) in [6.07, 6.45) is 0. The van der Waals surface area contributed by atoms with Gasteiger partial charge in [0, 0.05) is 17.6 Å². The molecule has 0 unspecified atom stereocenters. The largest absolute Gasteiger partial charge is 0.436 e. The van der Waals surface area contributed by atoms with E-state index in [1.165, 1.54) is 0 Å². The summed E-state index contributed by atoms with van der Waals surface area (Å²) in [6.45, 7) is 3.53. The van der Waals surface area contributed by atoms with Gasteiger partial charge in [-0.2, -0.15) is 0 Å². The third-order valence-corrected chi connectivity index (χ3v) is 2.82. The van der Waals surface area contributed by atoms with E-state index in [4.69, 9.17) is 16.3 Å². The zero-order valence-electron chi connectivity index (χ0n) is 10.2. The molecule has 0 atom stereocenters. The van der Waals surface area contributed by atoms with Crippen LogP contribution in [0.5, 0.6) is 11.6 Å². The predicted octanol–water partition coefficient (Wildman–Crippen LogP) is 4.37. The van der Waals surface area contributed by atoms with Gasteiger partial charge in [-0.1, -0.05) is 12.1 Å². The molecule has 0 amide bonds. The molecular formula is C14H13ClFNO. The number of alkyl halides is 1. The molecule has 2 rings (SSSR count). The van der Waals surface area contributed by atoms with Gasteiger partial charge in [0.2, 0.25) is 5.88 Å². The van der Waals surface area contributed by atoms with Crippen molar-refractivity contribution in [2.45, 2.75) is 19.7 Å². The van der Waals surface area contributed by atoms with Crippen LogP contribution in [0.4, 0.5) is 4.39 Å². The molecule has 18 heavy (non-hydrogen) atoms. The van der Waals surface area contributed by atoms with Gasteiger partial charge in [-0.15, -0.1) is 11.6 Å². The first-order chi connectivity index (χ1) is 8.60. The van der Waals surface area contributed by atoms with E-state index in [0.717, 1.165) is 11.3 Å². The van der Waals surface area contributed by atoms with E-state index in [-0.39, 0.29) is 11.6 Å². The Balaban J connectivity index is 2.34. The fourth-order valence-electron chi connectivity index (χ4n) is 1.65. The summed E-state index contributed by atoms with van der Waals surface area (Å²) >= 11 is 5.77. The highest BCUT2D eigenvalue weighted by atomic mass is 35.5. The summed E-state index contributed by atoms with van der Waals surface area (Å²) < 4.78 is 19.3. The minimum Gasteiger partial charge on any atom is -0.436 e. The van der Waals surface area contributed by atoms with Crippen LogP contribution in [0.1, 0.15) is 16.8 Å². The highest BCUT2D eigenvalue weighted by molar-refractivity contribution is 6.17. The quantitative estimate of drug-likeness (QED) is 0.769. The first kappa shape index (κ1) is 12.8. The molecule has 0 N–H and O–H groups in total. The molecule has 0 bridgehead atoms. The molecule has 0 saturated carbocycles. The number of benzene rings is 1. The number of hydrogen-bond donors (Lipinski definition) is 0. The van der Waals surface area contributed by atoms with Gasteiger partial charge < -0.3 is 4.74 Å². The number of aromatic nitrogens is 1. The van der Waals surface area contributed by atoms with Crippen molar-refractivity contribution in [2.75, 3.05) is 0 Å². The Morgan fingerprint density at radius 2 is 2.06 bits per heavy atom. The highest BCUT2D eigenvalue weighted by Crippen LogP contribution is 2.26. The number of hydrogen-bond acceptors (Lipinski definition) is 2. The summed E-state index contributed by atoms with van der Waals surface area (Å²) in [5.41, 5.74) is 2.22. The van der Waals surface area contributed by atoms with Crippen LogP contribution in [0.3, 0.4) is 0 Å². The second kappa shape index (κ2) is 5.36. The average molecular weight is 266 g/mol. The molecule has 94 valence electrons. The van der Waals surface area contributed by atoms with Crippen molar-refractivity contribution in [3.63, 3.8) is 0 Å². The minimum absolute atomic E-state index is 0.175. The van der Waals surface area contributed by atoms with E-state index in [0.29, 0.717) is 17.3 Å². The van der Waals surface area contributed by atoms with Crippen molar-refractivity contribution in [3.8, 4) is 11.6 Å². The van der Waals surface area contributed by atoms with Gasteiger partial charge in [0.15, 0.2) is 11.6 Å². The maximum atomic E-state index is 13.8. The number of rotatable bonds is 3. The van der Waals surface area contributed by atoms with Crippen LogP contribution >= 0.6 is 11.6 Å². The van der Waals surface area contributed by atoms with E-state index in [9.17, 15) is 4.39 Å². The summed E-state index contributed by atoms with van der Waals surface area (Å²) in [6, 6.07) is 8.59. The van der Waals surface area contributed by atoms with E-state index in [1.807, 2.05) is 13.0 Å². The Morgan fingerprint density at radius 1 is 1.28 bits per heavy atom. The second-order valence-corrected chi connectivity index (χ2v) is 4.34. The van der Waals surface area contributed by atoms with Crippen LogP contribution in [0, 0.1) is 19.7 Å². The third-order valence-electron chi connectivity index (χ3n) is 2.51. The van der Waals surface area contributed by atoms with E-state index in [2.05, 4.69) is 4.98 Å². The summed E-state index contributed by atoms with van der Waals surface area (Å²) in [7, 11) is 0. The Bertz CT molecular complexity index is 572. The predicted molar refractivity (Wildman–Crippen MR) is 69.7 cm³/mol. The Morgan fingerprint density at radius 3 is 2.78 bits per heavy atom. The van der Waals surface area contributed by atoms with Crippen molar-refractivity contribution in [2.24, 2.45) is 0 Å². The number of nitrogens with zero attached hydrogens (tertiary/aromatic N) is 1. The summed E-state index contributed by atoms with van der Waals surface area (Å²) in [5.74, 6) is 0.535. The van der Waals surface area contributed by atoms with Gasteiger partial charge in [-0.05, 0) is 37.1 Å². The van der Waals surface area contributed by atoms with Crippen LogP contribution in [-0.2, 0) is 5.88 Å².